The quantitative estimate of drug-likeness (QED) is 0.535. The highest BCUT2D eigenvalue weighted by molar-refractivity contribution is 5.82. The van der Waals surface area contributed by atoms with E-state index in [4.69, 9.17) is 10.2 Å². The Morgan fingerprint density at radius 2 is 2.10 bits per heavy atom. The van der Waals surface area contributed by atoms with Crippen LogP contribution in [-0.4, -0.2) is 44.0 Å². The van der Waals surface area contributed by atoms with Gasteiger partial charge < -0.3 is 20.8 Å². The lowest BCUT2D eigenvalue weighted by atomic mass is 10.1. The van der Waals surface area contributed by atoms with Gasteiger partial charge >= 0.3 is 18.0 Å². The SMILES string of the molecule is Cn1cc(CNC(=O)NC(CCC(=O)O)C(=O)O)cn1. The number of rotatable bonds is 7. The Kier molecular flexibility index (Phi) is 5.51. The summed E-state index contributed by atoms with van der Waals surface area (Å²) in [7, 11) is 1.73. The average Bonchev–Trinajstić information content (AvgIpc) is 2.77. The van der Waals surface area contributed by atoms with Crippen molar-refractivity contribution >= 4 is 18.0 Å². The van der Waals surface area contributed by atoms with Gasteiger partial charge in [0.15, 0.2) is 0 Å². The first-order valence-corrected chi connectivity index (χ1v) is 5.85. The van der Waals surface area contributed by atoms with E-state index in [9.17, 15) is 14.4 Å². The van der Waals surface area contributed by atoms with Gasteiger partial charge in [-0.15, -0.1) is 0 Å². The maximum Gasteiger partial charge on any atom is 0.326 e. The summed E-state index contributed by atoms with van der Waals surface area (Å²) in [4.78, 5) is 32.8. The molecule has 0 spiro atoms. The Morgan fingerprint density at radius 1 is 1.40 bits per heavy atom. The van der Waals surface area contributed by atoms with Crippen LogP contribution in [0.3, 0.4) is 0 Å². The van der Waals surface area contributed by atoms with Crippen LogP contribution in [0.25, 0.3) is 0 Å². The normalized spacial score (nSPS) is 11.7. The molecule has 0 aliphatic carbocycles. The molecule has 0 aliphatic heterocycles. The third kappa shape index (κ3) is 5.38. The highest BCUT2D eigenvalue weighted by Crippen LogP contribution is 1.99. The number of nitrogens with one attached hydrogen (secondary N) is 2. The fourth-order valence-corrected chi connectivity index (χ4v) is 1.48. The molecule has 1 heterocycles. The van der Waals surface area contributed by atoms with E-state index in [1.807, 2.05) is 0 Å². The summed E-state index contributed by atoms with van der Waals surface area (Å²) >= 11 is 0. The Hall–Kier alpha value is -2.58. The molecule has 20 heavy (non-hydrogen) atoms. The molecule has 0 fully saturated rings. The summed E-state index contributed by atoms with van der Waals surface area (Å²) in [5.41, 5.74) is 0.764. The fraction of sp³-hybridized carbons (Fsp3) is 0.455. The number of carbonyl (C=O) groups is 3. The minimum Gasteiger partial charge on any atom is -0.481 e. The summed E-state index contributed by atoms with van der Waals surface area (Å²) in [6.07, 6.45) is 2.77. The number of aliphatic carboxylic acids is 2. The number of urea groups is 1. The second-order valence-corrected chi connectivity index (χ2v) is 4.17. The molecule has 1 unspecified atom stereocenters. The molecular formula is C11H16N4O5. The molecule has 0 aromatic carbocycles. The first kappa shape index (κ1) is 15.5. The van der Waals surface area contributed by atoms with Crippen LogP contribution in [-0.2, 0) is 23.2 Å². The zero-order valence-electron chi connectivity index (χ0n) is 10.9. The van der Waals surface area contributed by atoms with E-state index in [2.05, 4.69) is 15.7 Å². The molecule has 0 radical (unpaired) electrons. The van der Waals surface area contributed by atoms with E-state index in [1.54, 1.807) is 24.1 Å². The van der Waals surface area contributed by atoms with Crippen LogP contribution in [0.4, 0.5) is 4.79 Å². The topological polar surface area (TPSA) is 134 Å². The van der Waals surface area contributed by atoms with Crippen LogP contribution in [0.5, 0.6) is 0 Å². The standard InChI is InChI=1S/C11H16N4O5/c1-15-6-7(5-13-15)4-12-11(20)14-8(10(18)19)2-3-9(16)17/h5-6,8H,2-4H2,1H3,(H,16,17)(H,18,19)(H2,12,14,20). The first-order chi connectivity index (χ1) is 9.38. The molecule has 0 aliphatic rings. The van der Waals surface area contributed by atoms with Crippen LogP contribution in [0.1, 0.15) is 18.4 Å². The number of carbonyl (C=O) groups excluding carboxylic acids is 1. The van der Waals surface area contributed by atoms with Gasteiger partial charge in [-0.05, 0) is 6.42 Å². The molecular weight excluding hydrogens is 268 g/mol. The van der Waals surface area contributed by atoms with Crippen LogP contribution in [0.15, 0.2) is 12.4 Å². The summed E-state index contributed by atoms with van der Waals surface area (Å²) in [6.45, 7) is 0.199. The monoisotopic (exact) mass is 284 g/mol. The van der Waals surface area contributed by atoms with E-state index in [0.29, 0.717) is 0 Å². The van der Waals surface area contributed by atoms with E-state index in [-0.39, 0.29) is 19.4 Å². The van der Waals surface area contributed by atoms with Crippen LogP contribution in [0, 0.1) is 0 Å². The smallest absolute Gasteiger partial charge is 0.326 e. The summed E-state index contributed by atoms with van der Waals surface area (Å²) < 4.78 is 1.57. The van der Waals surface area contributed by atoms with Crippen molar-refractivity contribution < 1.29 is 24.6 Å². The Labute approximate surface area is 114 Å². The van der Waals surface area contributed by atoms with Crippen LogP contribution < -0.4 is 10.6 Å². The van der Waals surface area contributed by atoms with E-state index >= 15 is 0 Å². The van der Waals surface area contributed by atoms with Gasteiger partial charge in [0.25, 0.3) is 0 Å². The zero-order valence-corrected chi connectivity index (χ0v) is 10.9. The van der Waals surface area contributed by atoms with Gasteiger partial charge in [0, 0.05) is 31.8 Å². The minimum absolute atomic E-state index is 0.176. The van der Waals surface area contributed by atoms with Gasteiger partial charge in [0.2, 0.25) is 0 Å². The molecule has 0 saturated heterocycles. The highest BCUT2D eigenvalue weighted by atomic mass is 16.4. The molecule has 1 atom stereocenters. The number of nitrogens with zero attached hydrogens (tertiary/aromatic N) is 2. The van der Waals surface area contributed by atoms with Crippen molar-refractivity contribution in [3.8, 4) is 0 Å². The third-order valence-corrected chi connectivity index (χ3v) is 2.46. The summed E-state index contributed by atoms with van der Waals surface area (Å²) in [5, 5.41) is 26.0. The van der Waals surface area contributed by atoms with E-state index < -0.39 is 24.0 Å². The van der Waals surface area contributed by atoms with Crippen molar-refractivity contribution in [1.29, 1.82) is 0 Å². The molecule has 4 N–H and O–H groups in total. The Bertz CT molecular complexity index is 499. The van der Waals surface area contributed by atoms with Gasteiger partial charge in [-0.25, -0.2) is 9.59 Å². The number of aryl methyl sites for hydroxylation is 1. The zero-order chi connectivity index (χ0) is 15.1. The molecule has 0 saturated carbocycles. The van der Waals surface area contributed by atoms with E-state index in [1.165, 1.54) is 0 Å². The van der Waals surface area contributed by atoms with Crippen LogP contribution in [0.2, 0.25) is 0 Å². The first-order valence-electron chi connectivity index (χ1n) is 5.85. The van der Waals surface area contributed by atoms with Gasteiger partial charge in [-0.3, -0.25) is 9.48 Å². The number of hydrogen-bond donors (Lipinski definition) is 4. The summed E-state index contributed by atoms with van der Waals surface area (Å²) in [6, 6.07) is -1.91. The lowest BCUT2D eigenvalue weighted by Gasteiger charge is -2.13. The Morgan fingerprint density at radius 3 is 2.60 bits per heavy atom. The third-order valence-electron chi connectivity index (χ3n) is 2.46. The second kappa shape index (κ2) is 7.12. The van der Waals surface area contributed by atoms with Crippen molar-refractivity contribution in [1.82, 2.24) is 20.4 Å². The number of hydrogen-bond acceptors (Lipinski definition) is 4. The fourth-order valence-electron chi connectivity index (χ4n) is 1.48. The Balaban J connectivity index is 2.41. The summed E-state index contributed by atoms with van der Waals surface area (Å²) in [5.74, 6) is -2.39. The van der Waals surface area contributed by atoms with Crippen molar-refractivity contribution in [2.45, 2.75) is 25.4 Å². The number of aromatic nitrogens is 2. The minimum atomic E-state index is -1.28. The molecule has 1 aromatic heterocycles. The highest BCUT2D eigenvalue weighted by Gasteiger charge is 2.20. The lowest BCUT2D eigenvalue weighted by Crippen LogP contribution is -2.45. The maximum absolute atomic E-state index is 11.5. The van der Waals surface area contributed by atoms with Crippen molar-refractivity contribution in [3.05, 3.63) is 18.0 Å². The number of carboxylic acids is 2. The predicted molar refractivity (Wildman–Crippen MR) is 66.9 cm³/mol. The molecule has 0 bridgehead atoms. The van der Waals surface area contributed by atoms with Crippen LogP contribution >= 0.6 is 0 Å². The molecule has 2 amide bonds. The molecule has 9 nitrogen and oxygen atoms in total. The largest absolute Gasteiger partial charge is 0.481 e. The second-order valence-electron chi connectivity index (χ2n) is 4.17. The van der Waals surface area contributed by atoms with Gasteiger partial charge in [0.05, 0.1) is 6.20 Å². The van der Waals surface area contributed by atoms with Gasteiger partial charge in [-0.2, -0.15) is 5.10 Å². The lowest BCUT2D eigenvalue weighted by molar-refractivity contribution is -0.140. The predicted octanol–water partition coefficient (Wildman–Crippen LogP) is -0.463. The molecule has 1 rings (SSSR count). The average molecular weight is 284 g/mol. The van der Waals surface area contributed by atoms with Gasteiger partial charge in [0.1, 0.15) is 6.04 Å². The van der Waals surface area contributed by atoms with E-state index in [0.717, 1.165) is 5.56 Å². The number of carboxylic acid groups (broad SMARTS) is 2. The maximum atomic E-state index is 11.5. The molecule has 1 aromatic rings. The van der Waals surface area contributed by atoms with Crippen molar-refractivity contribution in [2.24, 2.45) is 7.05 Å². The number of amides is 2. The molecule has 110 valence electrons. The molecule has 9 heteroatoms. The van der Waals surface area contributed by atoms with Crippen molar-refractivity contribution in [3.63, 3.8) is 0 Å². The van der Waals surface area contributed by atoms with Crippen molar-refractivity contribution in [2.75, 3.05) is 0 Å². The van der Waals surface area contributed by atoms with Gasteiger partial charge in [-0.1, -0.05) is 0 Å².